The zero-order chi connectivity index (χ0) is 23.9. The van der Waals surface area contributed by atoms with E-state index in [-0.39, 0.29) is 24.1 Å². The van der Waals surface area contributed by atoms with Gasteiger partial charge in [0.25, 0.3) is 11.8 Å². The molecule has 0 aromatic heterocycles. The van der Waals surface area contributed by atoms with E-state index < -0.39 is 5.25 Å². The van der Waals surface area contributed by atoms with E-state index in [1.165, 1.54) is 18.2 Å². The van der Waals surface area contributed by atoms with Gasteiger partial charge in [-0.25, -0.2) is 0 Å². The zero-order valence-electron chi connectivity index (χ0n) is 19.1. The van der Waals surface area contributed by atoms with Gasteiger partial charge in [0, 0.05) is 36.4 Å². The lowest BCUT2D eigenvalue weighted by Gasteiger charge is -2.27. The number of amidine groups is 1. The number of ether oxygens (including phenoxy) is 1. The molecule has 1 atom stereocenters. The van der Waals surface area contributed by atoms with Crippen molar-refractivity contribution in [3.8, 4) is 5.75 Å². The largest absolute Gasteiger partial charge is 0.494 e. The molecule has 1 saturated heterocycles. The fourth-order valence-corrected chi connectivity index (χ4v) is 4.97. The average molecular weight is 481 g/mol. The van der Waals surface area contributed by atoms with Gasteiger partial charge < -0.3 is 20.3 Å². The highest BCUT2D eigenvalue weighted by atomic mass is 32.2. The summed E-state index contributed by atoms with van der Waals surface area (Å²) in [6.07, 6.45) is 3.43. The first-order valence-electron chi connectivity index (χ1n) is 11.5. The monoisotopic (exact) mass is 480 g/mol. The summed E-state index contributed by atoms with van der Waals surface area (Å²) in [4.78, 5) is 43.9. The van der Waals surface area contributed by atoms with Gasteiger partial charge in [0.1, 0.15) is 11.0 Å². The minimum atomic E-state index is -0.511. The minimum absolute atomic E-state index is 0.0347. The third-order valence-corrected chi connectivity index (χ3v) is 6.77. The first-order chi connectivity index (χ1) is 16.5. The molecule has 9 heteroatoms. The maximum atomic E-state index is 12.6. The van der Waals surface area contributed by atoms with Gasteiger partial charge >= 0.3 is 0 Å². The van der Waals surface area contributed by atoms with Crippen molar-refractivity contribution in [3.05, 3.63) is 54.1 Å². The third-order valence-electron chi connectivity index (χ3n) is 5.56. The van der Waals surface area contributed by atoms with E-state index >= 15 is 0 Å². The maximum absolute atomic E-state index is 12.6. The molecule has 0 aliphatic carbocycles. The van der Waals surface area contributed by atoms with E-state index in [9.17, 15) is 14.4 Å². The minimum Gasteiger partial charge on any atom is -0.494 e. The molecule has 3 amide bonds. The number of hydrogen-bond acceptors (Lipinski definition) is 6. The predicted molar refractivity (Wildman–Crippen MR) is 134 cm³/mol. The van der Waals surface area contributed by atoms with Gasteiger partial charge in [0.2, 0.25) is 5.91 Å². The maximum Gasteiger partial charge on any atom is 0.262 e. The van der Waals surface area contributed by atoms with E-state index in [0.29, 0.717) is 23.5 Å². The van der Waals surface area contributed by atoms with Crippen LogP contribution in [0.25, 0.3) is 0 Å². The van der Waals surface area contributed by atoms with Crippen LogP contribution in [-0.4, -0.2) is 52.7 Å². The number of benzene rings is 2. The Labute approximate surface area is 203 Å². The van der Waals surface area contributed by atoms with Gasteiger partial charge in [-0.3, -0.25) is 14.4 Å². The summed E-state index contributed by atoms with van der Waals surface area (Å²) < 4.78 is 5.41. The molecule has 2 aromatic carbocycles. The number of rotatable bonds is 7. The topological polar surface area (TPSA) is 100 Å². The normalized spacial score (nSPS) is 17.8. The molecule has 2 heterocycles. The SMILES string of the molecule is CCOc1ccc(NC(=O)c2cccc(NC(=O)CC3SC(N4CCCCC4)=NC3=O)c2)cc1. The average Bonchev–Trinajstić information content (AvgIpc) is 3.21. The Bertz CT molecular complexity index is 1080. The number of likely N-dealkylation sites (tertiary alicyclic amines) is 1. The molecule has 2 aromatic rings. The van der Waals surface area contributed by atoms with Crippen LogP contribution in [0.15, 0.2) is 53.5 Å². The van der Waals surface area contributed by atoms with E-state index in [1.54, 1.807) is 48.5 Å². The molecule has 34 heavy (non-hydrogen) atoms. The number of nitrogens with one attached hydrogen (secondary N) is 2. The summed E-state index contributed by atoms with van der Waals surface area (Å²) in [5.41, 5.74) is 1.55. The molecule has 0 saturated carbocycles. The smallest absolute Gasteiger partial charge is 0.262 e. The molecule has 2 N–H and O–H groups in total. The van der Waals surface area contributed by atoms with Crippen LogP contribution in [0.1, 0.15) is 43.0 Å². The zero-order valence-corrected chi connectivity index (χ0v) is 19.9. The Morgan fingerprint density at radius 2 is 1.82 bits per heavy atom. The second kappa shape index (κ2) is 11.2. The first-order valence-corrected chi connectivity index (χ1v) is 12.4. The van der Waals surface area contributed by atoms with Crippen LogP contribution in [0.5, 0.6) is 5.75 Å². The number of amides is 3. The third kappa shape index (κ3) is 6.17. The number of nitrogens with zero attached hydrogens (tertiary/aromatic N) is 2. The molecule has 1 unspecified atom stereocenters. The highest BCUT2D eigenvalue weighted by molar-refractivity contribution is 8.15. The molecule has 0 radical (unpaired) electrons. The quantitative estimate of drug-likeness (QED) is 0.618. The van der Waals surface area contributed by atoms with Crippen LogP contribution in [0.3, 0.4) is 0 Å². The molecule has 2 aliphatic heterocycles. The standard InChI is InChI=1S/C25H28N4O4S/c1-2-33-20-11-9-18(10-12-20)27-23(31)17-7-6-8-19(15-17)26-22(30)16-21-24(32)28-25(34-21)29-13-4-3-5-14-29/h6-12,15,21H,2-5,13-14,16H2,1H3,(H,26,30)(H,27,31). The lowest BCUT2D eigenvalue weighted by Crippen LogP contribution is -2.33. The molecule has 0 bridgehead atoms. The predicted octanol–water partition coefficient (Wildman–Crippen LogP) is 4.15. The lowest BCUT2D eigenvalue weighted by molar-refractivity contribution is -0.121. The fraction of sp³-hybridized carbons (Fsp3) is 0.360. The van der Waals surface area contributed by atoms with Gasteiger partial charge in [-0.2, -0.15) is 4.99 Å². The number of aliphatic imine (C=N–C) groups is 1. The molecule has 2 aliphatic rings. The van der Waals surface area contributed by atoms with Crippen molar-refractivity contribution in [2.45, 2.75) is 37.9 Å². The van der Waals surface area contributed by atoms with Crippen LogP contribution in [0.2, 0.25) is 0 Å². The Morgan fingerprint density at radius 1 is 1.06 bits per heavy atom. The molecular formula is C25H28N4O4S. The Hall–Kier alpha value is -3.33. The summed E-state index contributed by atoms with van der Waals surface area (Å²) >= 11 is 1.37. The number of thioether (sulfide) groups is 1. The number of carbonyl (C=O) groups is 3. The lowest BCUT2D eigenvalue weighted by atomic mass is 10.1. The van der Waals surface area contributed by atoms with Gasteiger partial charge in [-0.05, 0) is 68.7 Å². The van der Waals surface area contributed by atoms with Gasteiger partial charge in [-0.15, -0.1) is 0 Å². The van der Waals surface area contributed by atoms with Crippen molar-refractivity contribution in [2.75, 3.05) is 30.3 Å². The van der Waals surface area contributed by atoms with Crippen LogP contribution < -0.4 is 15.4 Å². The number of carbonyl (C=O) groups excluding carboxylic acids is 3. The van der Waals surface area contributed by atoms with Crippen molar-refractivity contribution >= 4 is 46.0 Å². The van der Waals surface area contributed by atoms with Gasteiger partial charge in [-0.1, -0.05) is 17.8 Å². The fourth-order valence-electron chi connectivity index (χ4n) is 3.85. The van der Waals surface area contributed by atoms with Crippen molar-refractivity contribution in [3.63, 3.8) is 0 Å². The molecule has 4 rings (SSSR count). The highest BCUT2D eigenvalue weighted by Crippen LogP contribution is 2.29. The van der Waals surface area contributed by atoms with Crippen molar-refractivity contribution < 1.29 is 19.1 Å². The summed E-state index contributed by atoms with van der Waals surface area (Å²) in [6, 6.07) is 13.8. The number of anilines is 2. The highest BCUT2D eigenvalue weighted by Gasteiger charge is 2.33. The summed E-state index contributed by atoms with van der Waals surface area (Å²) in [5.74, 6) is -0.104. The van der Waals surface area contributed by atoms with Crippen LogP contribution in [-0.2, 0) is 9.59 Å². The second-order valence-corrected chi connectivity index (χ2v) is 9.30. The van der Waals surface area contributed by atoms with Crippen LogP contribution in [0.4, 0.5) is 11.4 Å². The summed E-state index contributed by atoms with van der Waals surface area (Å²) in [5, 5.41) is 5.85. The van der Waals surface area contributed by atoms with Gasteiger partial charge in [0.05, 0.1) is 6.61 Å². The molecule has 1 fully saturated rings. The number of piperidine rings is 1. The van der Waals surface area contributed by atoms with Crippen molar-refractivity contribution in [1.29, 1.82) is 0 Å². The Morgan fingerprint density at radius 3 is 2.56 bits per heavy atom. The van der Waals surface area contributed by atoms with E-state index in [4.69, 9.17) is 4.74 Å². The molecule has 0 spiro atoms. The molecule has 8 nitrogen and oxygen atoms in total. The van der Waals surface area contributed by atoms with Crippen molar-refractivity contribution in [1.82, 2.24) is 4.90 Å². The van der Waals surface area contributed by atoms with E-state index in [2.05, 4.69) is 20.5 Å². The van der Waals surface area contributed by atoms with E-state index in [1.807, 2.05) is 6.92 Å². The summed E-state index contributed by atoms with van der Waals surface area (Å²) in [7, 11) is 0. The van der Waals surface area contributed by atoms with Gasteiger partial charge in [0.15, 0.2) is 5.17 Å². The molecule has 178 valence electrons. The van der Waals surface area contributed by atoms with Crippen LogP contribution in [0, 0.1) is 0 Å². The van der Waals surface area contributed by atoms with E-state index in [0.717, 1.165) is 36.8 Å². The summed E-state index contributed by atoms with van der Waals surface area (Å²) in [6.45, 7) is 4.30. The first kappa shape index (κ1) is 23.8. The van der Waals surface area contributed by atoms with Crippen LogP contribution >= 0.6 is 11.8 Å². The van der Waals surface area contributed by atoms with Crippen molar-refractivity contribution in [2.24, 2.45) is 4.99 Å². The second-order valence-electron chi connectivity index (χ2n) is 8.13. The number of hydrogen-bond donors (Lipinski definition) is 2. The Balaban J connectivity index is 1.31. The Kier molecular flexibility index (Phi) is 7.84. The molecular weight excluding hydrogens is 452 g/mol.